The van der Waals surface area contributed by atoms with Gasteiger partial charge in [-0.2, -0.15) is 0 Å². The van der Waals surface area contributed by atoms with E-state index in [2.05, 4.69) is 51.1 Å². The number of fused-ring (bicyclic) bond motifs is 1. The summed E-state index contributed by atoms with van der Waals surface area (Å²) >= 11 is 0. The van der Waals surface area contributed by atoms with E-state index in [1.165, 1.54) is 37.7 Å². The topological polar surface area (TPSA) is 9.23 Å². The van der Waals surface area contributed by atoms with Gasteiger partial charge in [-0.05, 0) is 55.2 Å². The molecule has 0 bridgehead atoms. The average Bonchev–Trinajstić information content (AvgIpc) is 2.46. The normalized spacial score (nSPS) is 31.2. The highest BCUT2D eigenvalue weighted by Crippen LogP contribution is 2.59. The molecule has 114 valence electrons. The monoisotopic (exact) mass is 284 g/mol. The fourth-order valence-electron chi connectivity index (χ4n) is 5.20. The molecular formula is C20H28O. The first-order valence-electron chi connectivity index (χ1n) is 8.32. The van der Waals surface area contributed by atoms with Crippen LogP contribution in [-0.4, -0.2) is 7.11 Å². The van der Waals surface area contributed by atoms with Crippen LogP contribution in [0.25, 0.3) is 0 Å². The van der Waals surface area contributed by atoms with E-state index in [-0.39, 0.29) is 5.41 Å². The van der Waals surface area contributed by atoms with Gasteiger partial charge in [-0.3, -0.25) is 0 Å². The first kappa shape index (κ1) is 14.7. The maximum absolute atomic E-state index is 5.35. The van der Waals surface area contributed by atoms with Crippen LogP contribution in [0, 0.1) is 11.3 Å². The summed E-state index contributed by atoms with van der Waals surface area (Å²) in [6.45, 7) is 7.20. The Bertz CT molecular complexity index is 537. The van der Waals surface area contributed by atoms with E-state index in [1.807, 2.05) is 0 Å². The van der Waals surface area contributed by atoms with E-state index in [0.717, 1.165) is 11.7 Å². The zero-order valence-corrected chi connectivity index (χ0v) is 13.9. The van der Waals surface area contributed by atoms with Crippen LogP contribution in [0.5, 0.6) is 5.75 Å². The van der Waals surface area contributed by atoms with Gasteiger partial charge in [-0.15, -0.1) is 0 Å². The lowest BCUT2D eigenvalue weighted by molar-refractivity contribution is 0.0662. The van der Waals surface area contributed by atoms with Crippen molar-refractivity contribution in [3.05, 3.63) is 41.5 Å². The van der Waals surface area contributed by atoms with Crippen LogP contribution in [-0.2, 0) is 5.41 Å². The fourth-order valence-corrected chi connectivity index (χ4v) is 5.20. The molecule has 2 aliphatic carbocycles. The molecule has 1 fully saturated rings. The molecule has 2 aliphatic rings. The van der Waals surface area contributed by atoms with Crippen LogP contribution < -0.4 is 4.74 Å². The number of hydrogen-bond acceptors (Lipinski definition) is 1. The zero-order chi connectivity index (χ0) is 15.1. The molecule has 1 aromatic carbocycles. The third kappa shape index (κ3) is 2.22. The predicted molar refractivity (Wildman–Crippen MR) is 88.8 cm³/mol. The molecule has 0 radical (unpaired) electrons. The lowest BCUT2D eigenvalue weighted by Crippen LogP contribution is -2.51. The fraction of sp³-hybridized carbons (Fsp3) is 0.600. The molecule has 2 atom stereocenters. The summed E-state index contributed by atoms with van der Waals surface area (Å²) in [6.07, 6.45) is 9.26. The van der Waals surface area contributed by atoms with E-state index < -0.39 is 0 Å². The third-order valence-electron chi connectivity index (χ3n) is 6.00. The van der Waals surface area contributed by atoms with Crippen LogP contribution in [0.1, 0.15) is 58.4 Å². The van der Waals surface area contributed by atoms with Crippen LogP contribution in [0.3, 0.4) is 0 Å². The Labute approximate surface area is 129 Å². The molecule has 0 heterocycles. The first-order valence-corrected chi connectivity index (χ1v) is 8.32. The van der Waals surface area contributed by atoms with Gasteiger partial charge >= 0.3 is 0 Å². The van der Waals surface area contributed by atoms with Crippen molar-refractivity contribution < 1.29 is 4.74 Å². The van der Waals surface area contributed by atoms with Crippen molar-refractivity contribution in [1.29, 1.82) is 0 Å². The number of ether oxygens (including phenoxy) is 1. The summed E-state index contributed by atoms with van der Waals surface area (Å²) in [7, 11) is 1.74. The van der Waals surface area contributed by atoms with Crippen LogP contribution in [0.4, 0.5) is 0 Å². The lowest BCUT2D eigenvalue weighted by Gasteiger charge is -2.56. The molecule has 1 saturated carbocycles. The molecule has 1 nitrogen and oxygen atoms in total. The average molecular weight is 284 g/mol. The second-order valence-corrected chi connectivity index (χ2v) is 7.56. The van der Waals surface area contributed by atoms with Gasteiger partial charge < -0.3 is 4.74 Å². The smallest absolute Gasteiger partial charge is 0.118 e. The summed E-state index contributed by atoms with van der Waals surface area (Å²) in [5, 5.41) is 0. The molecule has 0 saturated heterocycles. The third-order valence-corrected chi connectivity index (χ3v) is 6.00. The largest absolute Gasteiger partial charge is 0.497 e. The molecule has 0 unspecified atom stereocenters. The summed E-state index contributed by atoms with van der Waals surface area (Å²) in [4.78, 5) is 0. The standard InChI is InChI=1S/C20H28O/c1-15-13-17-7-5-6-12-20(17,19(2,3)14-15)16-8-10-18(21-4)11-9-16/h8-11,14,17H,5-7,12-13H2,1-4H3/t17-,20+/m0/s1. The molecule has 1 aromatic rings. The van der Waals surface area contributed by atoms with Gasteiger partial charge in [-0.25, -0.2) is 0 Å². The molecule has 0 N–H and O–H groups in total. The second-order valence-electron chi connectivity index (χ2n) is 7.56. The van der Waals surface area contributed by atoms with Gasteiger partial charge in [0.2, 0.25) is 0 Å². The second kappa shape index (κ2) is 5.19. The molecule has 0 aliphatic heterocycles. The lowest BCUT2D eigenvalue weighted by atomic mass is 9.47. The molecule has 21 heavy (non-hydrogen) atoms. The Morgan fingerprint density at radius 2 is 1.81 bits per heavy atom. The van der Waals surface area contributed by atoms with E-state index in [4.69, 9.17) is 4.74 Å². The Morgan fingerprint density at radius 1 is 1.10 bits per heavy atom. The number of benzene rings is 1. The minimum atomic E-state index is 0.231. The van der Waals surface area contributed by atoms with Crippen molar-refractivity contribution in [2.75, 3.05) is 7.11 Å². The van der Waals surface area contributed by atoms with Crippen LogP contribution in [0.15, 0.2) is 35.9 Å². The molecule has 3 rings (SSSR count). The zero-order valence-electron chi connectivity index (χ0n) is 13.9. The van der Waals surface area contributed by atoms with Crippen LogP contribution in [0.2, 0.25) is 0 Å². The predicted octanol–water partition coefficient (Wildman–Crippen LogP) is 5.50. The van der Waals surface area contributed by atoms with Crippen molar-refractivity contribution in [3.63, 3.8) is 0 Å². The van der Waals surface area contributed by atoms with Crippen molar-refractivity contribution >= 4 is 0 Å². The molecular weight excluding hydrogens is 256 g/mol. The Balaban J connectivity index is 2.12. The number of hydrogen-bond donors (Lipinski definition) is 0. The van der Waals surface area contributed by atoms with Crippen molar-refractivity contribution in [3.8, 4) is 5.75 Å². The SMILES string of the molecule is COc1ccc([C@]23CCCC[C@H]2CC(C)=CC3(C)C)cc1. The maximum Gasteiger partial charge on any atom is 0.118 e. The highest BCUT2D eigenvalue weighted by Gasteiger charge is 2.53. The quantitative estimate of drug-likeness (QED) is 0.652. The summed E-state index contributed by atoms with van der Waals surface area (Å²) in [6, 6.07) is 8.90. The molecule has 0 aromatic heterocycles. The summed E-state index contributed by atoms with van der Waals surface area (Å²) in [5.74, 6) is 1.75. The van der Waals surface area contributed by atoms with Gasteiger partial charge in [0, 0.05) is 5.41 Å². The molecule has 0 spiro atoms. The number of methoxy groups -OCH3 is 1. The van der Waals surface area contributed by atoms with Gasteiger partial charge in [0.1, 0.15) is 5.75 Å². The van der Waals surface area contributed by atoms with Crippen molar-refractivity contribution in [2.24, 2.45) is 11.3 Å². The van der Waals surface area contributed by atoms with E-state index >= 15 is 0 Å². The molecule has 0 amide bonds. The van der Waals surface area contributed by atoms with Crippen LogP contribution >= 0.6 is 0 Å². The summed E-state index contributed by atoms with van der Waals surface area (Å²) < 4.78 is 5.35. The van der Waals surface area contributed by atoms with Crippen molar-refractivity contribution in [1.82, 2.24) is 0 Å². The van der Waals surface area contributed by atoms with E-state index in [1.54, 1.807) is 12.7 Å². The molecule has 1 heteroatoms. The van der Waals surface area contributed by atoms with Gasteiger partial charge in [0.05, 0.1) is 7.11 Å². The van der Waals surface area contributed by atoms with Gasteiger partial charge in [-0.1, -0.05) is 50.5 Å². The number of rotatable bonds is 2. The highest BCUT2D eigenvalue weighted by molar-refractivity contribution is 5.39. The maximum atomic E-state index is 5.35. The summed E-state index contributed by atoms with van der Waals surface area (Å²) in [5.41, 5.74) is 3.63. The van der Waals surface area contributed by atoms with Gasteiger partial charge in [0.15, 0.2) is 0 Å². The minimum Gasteiger partial charge on any atom is -0.497 e. The Kier molecular flexibility index (Phi) is 3.63. The number of allylic oxidation sites excluding steroid dienone is 2. The highest BCUT2D eigenvalue weighted by atomic mass is 16.5. The van der Waals surface area contributed by atoms with E-state index in [9.17, 15) is 0 Å². The van der Waals surface area contributed by atoms with Crippen molar-refractivity contribution in [2.45, 2.75) is 58.3 Å². The van der Waals surface area contributed by atoms with Gasteiger partial charge in [0.25, 0.3) is 0 Å². The van der Waals surface area contributed by atoms with E-state index in [0.29, 0.717) is 5.41 Å². The first-order chi connectivity index (χ1) is 9.99. The minimum absolute atomic E-state index is 0.231. The Hall–Kier alpha value is -1.24. The Morgan fingerprint density at radius 3 is 2.48 bits per heavy atom.